The Bertz CT molecular complexity index is 1030. The second-order valence-electron chi connectivity index (χ2n) is 9.69. The van der Waals surface area contributed by atoms with E-state index in [2.05, 4.69) is 34.9 Å². The molecule has 0 bridgehead atoms. The van der Waals surface area contributed by atoms with Crippen molar-refractivity contribution >= 4 is 18.0 Å². The second-order valence-corrected chi connectivity index (χ2v) is 9.69. The number of carbonyl (C=O) groups excluding carboxylic acids is 2. The molecule has 2 aliphatic carbocycles. The monoisotopic (exact) mass is 450 g/mol. The van der Waals surface area contributed by atoms with Gasteiger partial charge in [-0.3, -0.25) is 9.59 Å². The van der Waals surface area contributed by atoms with E-state index in [4.69, 9.17) is 9.84 Å². The molecule has 33 heavy (non-hydrogen) atoms. The van der Waals surface area contributed by atoms with Crippen molar-refractivity contribution in [3.8, 4) is 11.1 Å². The molecule has 174 valence electrons. The first-order valence-electron chi connectivity index (χ1n) is 11.3. The minimum atomic E-state index is -0.893. The number of carbonyl (C=O) groups is 3. The largest absolute Gasteiger partial charge is 0.481 e. The third-order valence-electron chi connectivity index (χ3n) is 6.67. The van der Waals surface area contributed by atoms with Gasteiger partial charge >= 0.3 is 12.1 Å². The van der Waals surface area contributed by atoms with E-state index < -0.39 is 23.0 Å². The SMILES string of the molecule is CC(C)(CCC(=O)O)NC(=O)C1(CNC(=O)OCC2c3ccccc3-c3ccccc32)CC1. The Kier molecular flexibility index (Phi) is 6.15. The molecule has 0 radical (unpaired) electrons. The number of hydrogen-bond acceptors (Lipinski definition) is 4. The van der Waals surface area contributed by atoms with Gasteiger partial charge < -0.3 is 20.5 Å². The molecule has 0 spiro atoms. The molecule has 3 N–H and O–H groups in total. The number of aliphatic carboxylic acids is 1. The number of carboxylic acids is 1. The number of alkyl carbamates (subject to hydrolysis) is 1. The molecule has 2 aromatic carbocycles. The summed E-state index contributed by atoms with van der Waals surface area (Å²) >= 11 is 0. The number of rotatable bonds is 9. The fraction of sp³-hybridized carbons (Fsp3) is 0.423. The smallest absolute Gasteiger partial charge is 0.407 e. The molecule has 0 saturated heterocycles. The number of carboxylic acid groups (broad SMARTS) is 1. The van der Waals surface area contributed by atoms with Gasteiger partial charge in [0.25, 0.3) is 0 Å². The van der Waals surface area contributed by atoms with Gasteiger partial charge in [0.2, 0.25) is 5.91 Å². The highest BCUT2D eigenvalue weighted by atomic mass is 16.5. The van der Waals surface area contributed by atoms with Gasteiger partial charge in [0, 0.05) is 24.4 Å². The van der Waals surface area contributed by atoms with Crippen molar-refractivity contribution in [2.24, 2.45) is 5.41 Å². The third-order valence-corrected chi connectivity index (χ3v) is 6.67. The van der Waals surface area contributed by atoms with E-state index in [9.17, 15) is 14.4 Å². The fourth-order valence-electron chi connectivity index (χ4n) is 4.45. The van der Waals surface area contributed by atoms with Crippen molar-refractivity contribution in [3.63, 3.8) is 0 Å². The number of ether oxygens (including phenoxy) is 1. The van der Waals surface area contributed by atoms with Crippen LogP contribution in [0, 0.1) is 5.41 Å². The molecule has 0 atom stereocenters. The van der Waals surface area contributed by atoms with Crippen molar-refractivity contribution in [3.05, 3.63) is 59.7 Å². The van der Waals surface area contributed by atoms with Crippen molar-refractivity contribution in [2.75, 3.05) is 13.2 Å². The van der Waals surface area contributed by atoms with Crippen LogP contribution in [0.4, 0.5) is 4.79 Å². The lowest BCUT2D eigenvalue weighted by Crippen LogP contribution is -2.49. The molecular formula is C26H30N2O5. The Morgan fingerprint density at radius 2 is 1.61 bits per heavy atom. The summed E-state index contributed by atoms with van der Waals surface area (Å²) < 4.78 is 5.56. The van der Waals surface area contributed by atoms with Gasteiger partial charge in [-0.2, -0.15) is 0 Å². The van der Waals surface area contributed by atoms with Crippen LogP contribution in [0.15, 0.2) is 48.5 Å². The van der Waals surface area contributed by atoms with Gasteiger partial charge in [0.15, 0.2) is 0 Å². The summed E-state index contributed by atoms with van der Waals surface area (Å²) in [6.45, 7) is 4.04. The zero-order chi connectivity index (χ0) is 23.6. The molecule has 1 saturated carbocycles. The van der Waals surface area contributed by atoms with Gasteiger partial charge in [0.1, 0.15) is 6.61 Å². The zero-order valence-electron chi connectivity index (χ0n) is 19.0. The normalized spacial score (nSPS) is 15.8. The summed E-state index contributed by atoms with van der Waals surface area (Å²) in [5.74, 6) is -1.07. The van der Waals surface area contributed by atoms with Crippen LogP contribution in [0.2, 0.25) is 0 Å². The standard InChI is InChI=1S/C26H30N2O5/c1-25(2,12-11-22(29)30)28-23(31)26(13-14-26)16-27-24(32)33-15-21-19-9-5-3-7-17(19)18-8-4-6-10-20(18)21/h3-10,21H,11-16H2,1-2H3,(H,27,32)(H,28,31)(H,29,30). The predicted molar refractivity (Wildman–Crippen MR) is 124 cm³/mol. The van der Waals surface area contributed by atoms with Crippen LogP contribution in [-0.2, 0) is 14.3 Å². The maximum Gasteiger partial charge on any atom is 0.407 e. The topological polar surface area (TPSA) is 105 Å². The quantitative estimate of drug-likeness (QED) is 0.534. The van der Waals surface area contributed by atoms with Crippen LogP contribution < -0.4 is 10.6 Å². The molecule has 2 aromatic rings. The Balaban J connectivity index is 1.30. The summed E-state index contributed by atoms with van der Waals surface area (Å²) in [6, 6.07) is 16.3. The molecule has 2 amide bonds. The van der Waals surface area contributed by atoms with Gasteiger partial charge in [-0.15, -0.1) is 0 Å². The first-order valence-corrected chi connectivity index (χ1v) is 11.3. The van der Waals surface area contributed by atoms with E-state index in [1.807, 2.05) is 38.1 Å². The molecule has 1 fully saturated rings. The molecular weight excluding hydrogens is 420 g/mol. The van der Waals surface area contributed by atoms with E-state index in [0.717, 1.165) is 11.1 Å². The second kappa shape index (κ2) is 8.89. The third kappa shape index (κ3) is 5.02. The van der Waals surface area contributed by atoms with E-state index >= 15 is 0 Å². The maximum absolute atomic E-state index is 12.8. The zero-order valence-corrected chi connectivity index (χ0v) is 19.0. The summed E-state index contributed by atoms with van der Waals surface area (Å²) in [7, 11) is 0. The van der Waals surface area contributed by atoms with Crippen LogP contribution >= 0.6 is 0 Å². The molecule has 0 aliphatic heterocycles. The minimum Gasteiger partial charge on any atom is -0.481 e. The van der Waals surface area contributed by atoms with Crippen LogP contribution in [0.1, 0.15) is 56.6 Å². The van der Waals surface area contributed by atoms with E-state index in [-0.39, 0.29) is 31.4 Å². The Labute approximate surface area is 193 Å². The van der Waals surface area contributed by atoms with Crippen LogP contribution in [0.5, 0.6) is 0 Å². The van der Waals surface area contributed by atoms with E-state index in [0.29, 0.717) is 19.3 Å². The highest BCUT2D eigenvalue weighted by molar-refractivity contribution is 5.87. The highest BCUT2D eigenvalue weighted by Crippen LogP contribution is 2.46. The van der Waals surface area contributed by atoms with Crippen LogP contribution in [0.3, 0.4) is 0 Å². The maximum atomic E-state index is 12.8. The lowest BCUT2D eigenvalue weighted by Gasteiger charge is -2.28. The number of fused-ring (bicyclic) bond motifs is 3. The highest BCUT2D eigenvalue weighted by Gasteiger charge is 2.51. The lowest BCUT2D eigenvalue weighted by atomic mass is 9.96. The Hall–Kier alpha value is -3.35. The van der Waals surface area contributed by atoms with E-state index in [1.165, 1.54) is 11.1 Å². The summed E-state index contributed by atoms with van der Waals surface area (Å²) in [5.41, 5.74) is 3.35. The first-order chi connectivity index (χ1) is 15.7. The lowest BCUT2D eigenvalue weighted by molar-refractivity contribution is -0.138. The molecule has 7 heteroatoms. The van der Waals surface area contributed by atoms with Crippen LogP contribution in [-0.4, -0.2) is 41.8 Å². The van der Waals surface area contributed by atoms with Gasteiger partial charge in [-0.1, -0.05) is 48.5 Å². The number of amides is 2. The number of hydrogen-bond donors (Lipinski definition) is 3. The van der Waals surface area contributed by atoms with Gasteiger partial charge in [0.05, 0.1) is 5.41 Å². The summed E-state index contributed by atoms with van der Waals surface area (Å²) in [6.07, 6.45) is 1.14. The molecule has 4 rings (SSSR count). The fourth-order valence-corrected chi connectivity index (χ4v) is 4.45. The predicted octanol–water partition coefficient (Wildman–Crippen LogP) is 4.06. The van der Waals surface area contributed by atoms with Crippen molar-refractivity contribution < 1.29 is 24.2 Å². The van der Waals surface area contributed by atoms with Crippen LogP contribution in [0.25, 0.3) is 11.1 Å². The minimum absolute atomic E-state index is 0.0156. The molecule has 2 aliphatic rings. The summed E-state index contributed by atoms with van der Waals surface area (Å²) in [4.78, 5) is 36.1. The van der Waals surface area contributed by atoms with Gasteiger partial charge in [-0.05, 0) is 55.4 Å². The average Bonchev–Trinajstić information content (AvgIpc) is 3.52. The van der Waals surface area contributed by atoms with Gasteiger partial charge in [-0.25, -0.2) is 4.79 Å². The van der Waals surface area contributed by atoms with Crippen molar-refractivity contribution in [1.82, 2.24) is 10.6 Å². The number of benzene rings is 2. The Morgan fingerprint density at radius 1 is 1.03 bits per heavy atom. The molecule has 0 aromatic heterocycles. The van der Waals surface area contributed by atoms with Crippen molar-refractivity contribution in [1.29, 1.82) is 0 Å². The van der Waals surface area contributed by atoms with Crippen molar-refractivity contribution in [2.45, 2.75) is 51.0 Å². The molecule has 7 nitrogen and oxygen atoms in total. The average molecular weight is 451 g/mol. The Morgan fingerprint density at radius 3 is 2.15 bits per heavy atom. The molecule has 0 heterocycles. The number of nitrogens with one attached hydrogen (secondary N) is 2. The van der Waals surface area contributed by atoms with E-state index in [1.54, 1.807) is 0 Å². The summed E-state index contributed by atoms with van der Waals surface area (Å²) in [5, 5.41) is 14.6. The molecule has 0 unspecified atom stereocenters. The first kappa shape index (κ1) is 22.8.